The van der Waals surface area contributed by atoms with E-state index in [0.29, 0.717) is 41.0 Å². The zero-order chi connectivity index (χ0) is 37.3. The minimum Gasteiger partial charge on any atom is -0.479 e. The Kier molecular flexibility index (Phi) is 9.85. The molecule has 3 aliphatic rings. The number of aromatic nitrogens is 6. The van der Waals surface area contributed by atoms with Crippen LogP contribution < -0.4 is 15.4 Å². The van der Waals surface area contributed by atoms with Crippen molar-refractivity contribution in [3.05, 3.63) is 47.9 Å². The highest BCUT2D eigenvalue weighted by molar-refractivity contribution is 7.13. The summed E-state index contributed by atoms with van der Waals surface area (Å²) in [7, 11) is 0. The number of allylic oxidation sites excluding steroid dienone is 1. The fourth-order valence-electron chi connectivity index (χ4n) is 6.87. The van der Waals surface area contributed by atoms with E-state index in [0.717, 1.165) is 24.1 Å². The van der Waals surface area contributed by atoms with E-state index in [1.165, 1.54) is 16.2 Å². The van der Waals surface area contributed by atoms with Gasteiger partial charge in [0.25, 0.3) is 0 Å². The normalized spacial score (nSPS) is 25.7. The van der Waals surface area contributed by atoms with E-state index in [9.17, 15) is 24.3 Å². The number of benzene rings is 1. The molecule has 278 valence electrons. The van der Waals surface area contributed by atoms with Gasteiger partial charge in [-0.25, -0.2) is 19.6 Å². The van der Waals surface area contributed by atoms with Crippen LogP contribution in [-0.2, 0) is 19.1 Å². The maximum Gasteiger partial charge on any atom is 0.408 e. The van der Waals surface area contributed by atoms with E-state index in [2.05, 4.69) is 31.3 Å². The number of carbonyl (C=O) groups is 4. The van der Waals surface area contributed by atoms with Gasteiger partial charge >= 0.3 is 12.1 Å². The Labute approximate surface area is 308 Å². The molecule has 5 atom stereocenters. The summed E-state index contributed by atoms with van der Waals surface area (Å²) in [5.74, 6) is -1.97. The maximum atomic E-state index is 14.4. The van der Waals surface area contributed by atoms with Crippen LogP contribution in [-0.4, -0.2) is 100 Å². The SMILES string of the molecule is CC(C)(C)OC(=O)N[C@@H]1CCCCC/C=C\C2CC2(C(=O)O)NC(=O)C2C[C@@H](Oc3nc4ccc(-c5nn[nH]n5)cc4nc3-c3cccs3)CN2C1=O. The molecule has 0 radical (unpaired) electrons. The zero-order valence-electron chi connectivity index (χ0n) is 29.6. The van der Waals surface area contributed by atoms with Gasteiger partial charge in [0.1, 0.15) is 35.0 Å². The summed E-state index contributed by atoms with van der Waals surface area (Å²) >= 11 is 1.45. The predicted molar refractivity (Wildman–Crippen MR) is 193 cm³/mol. The van der Waals surface area contributed by atoms with E-state index in [1.807, 2.05) is 29.7 Å². The summed E-state index contributed by atoms with van der Waals surface area (Å²) < 4.78 is 12.0. The Morgan fingerprint density at radius 2 is 1.96 bits per heavy atom. The van der Waals surface area contributed by atoms with Gasteiger partial charge in [-0.15, -0.1) is 21.5 Å². The number of hydrogen-bond acceptors (Lipinski definition) is 12. The van der Waals surface area contributed by atoms with Crippen LogP contribution >= 0.6 is 11.3 Å². The average molecular weight is 744 g/mol. The third kappa shape index (κ3) is 7.84. The molecule has 53 heavy (non-hydrogen) atoms. The first kappa shape index (κ1) is 35.9. The van der Waals surface area contributed by atoms with Gasteiger partial charge in [0.2, 0.25) is 23.5 Å². The number of nitrogens with zero attached hydrogens (tertiary/aromatic N) is 6. The number of tetrazole rings is 1. The molecule has 17 heteroatoms. The summed E-state index contributed by atoms with van der Waals surface area (Å²) in [6, 6.07) is 7.08. The number of aliphatic carboxylic acids is 1. The summed E-state index contributed by atoms with van der Waals surface area (Å²) in [5, 5.41) is 31.9. The number of fused-ring (bicyclic) bond motifs is 3. The van der Waals surface area contributed by atoms with Gasteiger partial charge in [-0.2, -0.15) is 5.21 Å². The molecule has 4 N–H and O–H groups in total. The van der Waals surface area contributed by atoms with Crippen molar-refractivity contribution in [2.45, 2.75) is 95.0 Å². The molecule has 5 heterocycles. The van der Waals surface area contributed by atoms with Crippen LogP contribution in [0.5, 0.6) is 5.88 Å². The molecular formula is C36H41N9O7S. The molecule has 7 rings (SSSR count). The second kappa shape index (κ2) is 14.5. The molecule has 1 saturated carbocycles. The van der Waals surface area contributed by atoms with Crippen LogP contribution in [0.15, 0.2) is 47.9 Å². The van der Waals surface area contributed by atoms with Crippen LogP contribution in [0.1, 0.15) is 65.7 Å². The number of nitrogens with one attached hydrogen (secondary N) is 3. The van der Waals surface area contributed by atoms with Crippen molar-refractivity contribution in [3.8, 4) is 27.8 Å². The van der Waals surface area contributed by atoms with Gasteiger partial charge in [0, 0.05) is 17.9 Å². The fourth-order valence-corrected chi connectivity index (χ4v) is 7.58. The molecule has 3 unspecified atom stereocenters. The van der Waals surface area contributed by atoms with Gasteiger partial charge in [0.15, 0.2) is 0 Å². The number of carboxylic acids is 1. The zero-order valence-corrected chi connectivity index (χ0v) is 30.4. The number of thiophene rings is 1. The van der Waals surface area contributed by atoms with Gasteiger partial charge in [-0.05, 0) is 81.3 Å². The van der Waals surface area contributed by atoms with Crippen molar-refractivity contribution in [1.82, 2.24) is 46.1 Å². The minimum atomic E-state index is -1.47. The Balaban J connectivity index is 1.21. The quantitative estimate of drug-likeness (QED) is 0.204. The topological polar surface area (TPSA) is 215 Å². The Morgan fingerprint density at radius 3 is 2.70 bits per heavy atom. The molecule has 0 spiro atoms. The smallest absolute Gasteiger partial charge is 0.408 e. The lowest BCUT2D eigenvalue weighted by Crippen LogP contribution is -2.56. The monoisotopic (exact) mass is 743 g/mol. The van der Waals surface area contributed by atoms with Crippen molar-refractivity contribution in [3.63, 3.8) is 0 Å². The Morgan fingerprint density at radius 1 is 1.11 bits per heavy atom. The van der Waals surface area contributed by atoms with Crippen molar-refractivity contribution >= 4 is 46.2 Å². The summed E-state index contributed by atoms with van der Waals surface area (Å²) in [5.41, 5.74) is 0.00664. The van der Waals surface area contributed by atoms with Crippen LogP contribution in [0, 0.1) is 5.92 Å². The van der Waals surface area contributed by atoms with Crippen molar-refractivity contribution in [1.29, 1.82) is 0 Å². The molecule has 1 aromatic carbocycles. The number of H-pyrrole nitrogens is 1. The standard InChI is InChI=1S/C36H41N9O7S/c1-35(2,3)52-34(50)39-24-11-8-6-4-5-7-10-21-18-36(21,33(48)49)40-30(46)26-17-22(19-45(26)32(24)47)51-31-28(27-12-9-15-53-27)37-25-16-20(13-14-23(25)38-31)29-41-43-44-42-29/h7,9-10,12-16,21-22,24,26H,4-6,8,11,17-19H2,1-3H3,(H,39,50)(H,40,46)(H,48,49)(H,41,42,43,44)/b10-7-/t21?,22-,24-,26?,36?/m1/s1. The Bertz CT molecular complexity index is 2030. The first-order valence-electron chi connectivity index (χ1n) is 17.7. The van der Waals surface area contributed by atoms with E-state index in [4.69, 9.17) is 19.4 Å². The Hall–Kier alpha value is -5.45. The van der Waals surface area contributed by atoms with Crippen molar-refractivity contribution < 1.29 is 33.8 Å². The highest BCUT2D eigenvalue weighted by atomic mass is 32.1. The largest absolute Gasteiger partial charge is 0.479 e. The van der Waals surface area contributed by atoms with Crippen LogP contribution in [0.25, 0.3) is 33.0 Å². The highest BCUT2D eigenvalue weighted by Gasteiger charge is 2.61. The average Bonchev–Trinajstić information content (AvgIpc) is 3.62. The third-order valence-corrected chi connectivity index (χ3v) is 10.5. The lowest BCUT2D eigenvalue weighted by Gasteiger charge is -2.30. The molecular weight excluding hydrogens is 703 g/mol. The van der Waals surface area contributed by atoms with Crippen LogP contribution in [0.2, 0.25) is 0 Å². The van der Waals surface area contributed by atoms with Gasteiger partial charge < -0.3 is 30.1 Å². The second-order valence-electron chi connectivity index (χ2n) is 14.6. The molecule has 4 aromatic rings. The second-order valence-corrected chi connectivity index (χ2v) is 15.6. The lowest BCUT2D eigenvalue weighted by molar-refractivity contribution is -0.145. The third-order valence-electron chi connectivity index (χ3n) is 9.58. The van der Waals surface area contributed by atoms with Crippen LogP contribution in [0.4, 0.5) is 4.79 Å². The minimum absolute atomic E-state index is 0.0206. The lowest BCUT2D eigenvalue weighted by atomic mass is 10.0. The van der Waals surface area contributed by atoms with Gasteiger partial charge in [0.05, 0.1) is 22.5 Å². The van der Waals surface area contributed by atoms with E-state index < -0.39 is 53.2 Å². The van der Waals surface area contributed by atoms with Crippen LogP contribution in [0.3, 0.4) is 0 Å². The first-order chi connectivity index (χ1) is 25.4. The molecule has 1 aliphatic carbocycles. The highest BCUT2D eigenvalue weighted by Crippen LogP contribution is 2.45. The molecule has 1 saturated heterocycles. The summed E-state index contributed by atoms with van der Waals surface area (Å²) in [6.07, 6.45) is 5.94. The van der Waals surface area contributed by atoms with E-state index in [-0.39, 0.29) is 31.2 Å². The number of carbonyl (C=O) groups excluding carboxylic acids is 3. The molecule has 3 amide bonds. The van der Waals surface area contributed by atoms with E-state index >= 15 is 0 Å². The number of aromatic amines is 1. The number of rotatable bonds is 6. The number of alkyl carbamates (subject to hydrolysis) is 1. The fraction of sp³-hybridized carbons (Fsp3) is 0.472. The number of carboxylic acid groups (broad SMARTS) is 1. The van der Waals surface area contributed by atoms with E-state index in [1.54, 1.807) is 39.0 Å². The molecule has 16 nitrogen and oxygen atoms in total. The molecule has 2 fully saturated rings. The van der Waals surface area contributed by atoms with Gasteiger partial charge in [-0.3, -0.25) is 9.59 Å². The van der Waals surface area contributed by atoms with Crippen molar-refractivity contribution in [2.24, 2.45) is 5.92 Å². The number of amides is 3. The van der Waals surface area contributed by atoms with Gasteiger partial charge in [-0.1, -0.05) is 31.1 Å². The van der Waals surface area contributed by atoms with Crippen molar-refractivity contribution in [2.75, 3.05) is 6.54 Å². The molecule has 0 bridgehead atoms. The first-order valence-corrected chi connectivity index (χ1v) is 18.6. The maximum absolute atomic E-state index is 14.4. The number of ether oxygens (including phenoxy) is 2. The number of hydrogen-bond donors (Lipinski definition) is 4. The predicted octanol–water partition coefficient (Wildman–Crippen LogP) is 4.26. The molecule has 2 aliphatic heterocycles. The summed E-state index contributed by atoms with van der Waals surface area (Å²) in [6.45, 7) is 5.18. The summed E-state index contributed by atoms with van der Waals surface area (Å²) in [4.78, 5) is 65.9. The molecule has 3 aromatic heterocycles.